The highest BCUT2D eigenvalue weighted by Crippen LogP contribution is 2.23. The van der Waals surface area contributed by atoms with Crippen molar-refractivity contribution in [1.29, 1.82) is 0 Å². The van der Waals surface area contributed by atoms with Crippen LogP contribution in [-0.4, -0.2) is 16.1 Å². The number of hydrogen-bond acceptors (Lipinski definition) is 6. The number of carbonyl (C=O) groups excluding carboxylic acids is 1. The van der Waals surface area contributed by atoms with Crippen molar-refractivity contribution in [3.05, 3.63) is 71.7 Å². The Bertz CT molecular complexity index is 799. The molecule has 2 heterocycles. The van der Waals surface area contributed by atoms with E-state index in [1.165, 1.54) is 0 Å². The van der Waals surface area contributed by atoms with E-state index in [1.807, 2.05) is 18.2 Å². The second-order valence-electron chi connectivity index (χ2n) is 4.78. The Hall–Kier alpha value is -3.15. The molecule has 2 aromatic heterocycles. The van der Waals surface area contributed by atoms with Gasteiger partial charge in [0.2, 0.25) is 5.88 Å². The molecule has 116 valence electrons. The molecule has 0 atom stereocenters. The molecule has 1 aromatic carbocycles. The van der Waals surface area contributed by atoms with Crippen molar-refractivity contribution in [3.8, 4) is 11.6 Å². The number of benzene rings is 1. The third-order valence-corrected chi connectivity index (χ3v) is 2.97. The minimum Gasteiger partial charge on any atom is -0.454 e. The fraction of sp³-hybridized carbons (Fsp3) is 0.118. The van der Waals surface area contributed by atoms with Crippen LogP contribution in [0, 0.1) is 6.92 Å². The second-order valence-corrected chi connectivity index (χ2v) is 4.78. The lowest BCUT2D eigenvalue weighted by Gasteiger charge is -2.09. The highest BCUT2D eigenvalue weighted by atomic mass is 16.6. The largest absolute Gasteiger partial charge is 0.454 e. The van der Waals surface area contributed by atoms with Gasteiger partial charge in [0.1, 0.15) is 11.3 Å². The predicted octanol–water partition coefficient (Wildman–Crippen LogP) is 3.53. The third kappa shape index (κ3) is 3.74. The maximum Gasteiger partial charge on any atom is 0.344 e. The van der Waals surface area contributed by atoms with Crippen LogP contribution in [0.2, 0.25) is 0 Å². The van der Waals surface area contributed by atoms with Crippen LogP contribution in [-0.2, 0) is 11.3 Å². The summed E-state index contributed by atoms with van der Waals surface area (Å²) in [6.45, 7) is 1.79. The molecule has 0 bridgehead atoms. The molecular weight excluding hydrogens is 296 g/mol. The monoisotopic (exact) mass is 310 g/mol. The topological polar surface area (TPSA) is 74.5 Å². The second kappa shape index (κ2) is 6.74. The summed E-state index contributed by atoms with van der Waals surface area (Å²) in [6.07, 6.45) is 1.55. The summed E-state index contributed by atoms with van der Waals surface area (Å²) < 4.78 is 15.9. The number of pyridine rings is 1. The van der Waals surface area contributed by atoms with Crippen LogP contribution in [0.1, 0.15) is 21.8 Å². The molecule has 0 unspecified atom stereocenters. The van der Waals surface area contributed by atoms with Gasteiger partial charge < -0.3 is 14.0 Å². The SMILES string of the molecule is Cc1cc(COC(=O)c2cccnc2Oc2ccccc2)on1. The Morgan fingerprint density at radius 3 is 2.74 bits per heavy atom. The molecule has 0 spiro atoms. The summed E-state index contributed by atoms with van der Waals surface area (Å²) in [5.74, 6) is 0.715. The fourth-order valence-corrected chi connectivity index (χ4v) is 1.93. The maximum absolute atomic E-state index is 12.2. The van der Waals surface area contributed by atoms with Crippen molar-refractivity contribution in [2.24, 2.45) is 0 Å². The number of para-hydroxylation sites is 1. The van der Waals surface area contributed by atoms with Crippen LogP contribution in [0.15, 0.2) is 59.3 Å². The van der Waals surface area contributed by atoms with Gasteiger partial charge in [0, 0.05) is 12.3 Å². The molecule has 6 nitrogen and oxygen atoms in total. The Kier molecular flexibility index (Phi) is 4.33. The average molecular weight is 310 g/mol. The molecule has 0 aliphatic heterocycles. The Balaban J connectivity index is 1.72. The fourth-order valence-electron chi connectivity index (χ4n) is 1.93. The van der Waals surface area contributed by atoms with E-state index in [0.29, 0.717) is 11.5 Å². The summed E-state index contributed by atoms with van der Waals surface area (Å²) >= 11 is 0. The number of aryl methyl sites for hydroxylation is 1. The van der Waals surface area contributed by atoms with Crippen LogP contribution in [0.25, 0.3) is 0 Å². The van der Waals surface area contributed by atoms with Gasteiger partial charge in [0.25, 0.3) is 0 Å². The maximum atomic E-state index is 12.2. The molecule has 3 rings (SSSR count). The van der Waals surface area contributed by atoms with Gasteiger partial charge in [-0.3, -0.25) is 0 Å². The first-order chi connectivity index (χ1) is 11.2. The van der Waals surface area contributed by atoms with Crippen LogP contribution in [0.3, 0.4) is 0 Å². The molecule has 0 aliphatic rings. The van der Waals surface area contributed by atoms with E-state index in [2.05, 4.69) is 10.1 Å². The van der Waals surface area contributed by atoms with Gasteiger partial charge in [-0.15, -0.1) is 0 Å². The molecule has 0 saturated carbocycles. The van der Waals surface area contributed by atoms with E-state index < -0.39 is 5.97 Å². The van der Waals surface area contributed by atoms with Crippen molar-refractivity contribution in [2.45, 2.75) is 13.5 Å². The van der Waals surface area contributed by atoms with E-state index in [1.54, 1.807) is 43.5 Å². The summed E-state index contributed by atoms with van der Waals surface area (Å²) in [5, 5.41) is 3.74. The van der Waals surface area contributed by atoms with Crippen molar-refractivity contribution >= 4 is 5.97 Å². The molecular formula is C17H14N2O4. The van der Waals surface area contributed by atoms with Crippen molar-refractivity contribution < 1.29 is 18.8 Å². The first kappa shape index (κ1) is 14.8. The van der Waals surface area contributed by atoms with E-state index in [9.17, 15) is 4.79 Å². The summed E-state index contributed by atoms with van der Waals surface area (Å²) in [5.41, 5.74) is 0.970. The van der Waals surface area contributed by atoms with E-state index in [4.69, 9.17) is 14.0 Å². The van der Waals surface area contributed by atoms with Gasteiger partial charge in [0.15, 0.2) is 12.4 Å². The molecule has 0 fully saturated rings. The van der Waals surface area contributed by atoms with Crippen LogP contribution >= 0.6 is 0 Å². The van der Waals surface area contributed by atoms with Gasteiger partial charge in [-0.2, -0.15) is 0 Å². The van der Waals surface area contributed by atoms with E-state index in [0.717, 1.165) is 5.69 Å². The molecule has 0 aliphatic carbocycles. The summed E-state index contributed by atoms with van der Waals surface area (Å²) in [7, 11) is 0. The molecule has 6 heteroatoms. The number of nitrogens with zero attached hydrogens (tertiary/aromatic N) is 2. The van der Waals surface area contributed by atoms with Gasteiger partial charge in [0.05, 0.1) is 5.69 Å². The zero-order chi connectivity index (χ0) is 16.1. The van der Waals surface area contributed by atoms with Crippen LogP contribution in [0.4, 0.5) is 0 Å². The Labute approximate surface area is 132 Å². The quantitative estimate of drug-likeness (QED) is 0.671. The molecule has 3 aromatic rings. The number of rotatable bonds is 5. The molecule has 0 radical (unpaired) electrons. The lowest BCUT2D eigenvalue weighted by molar-refractivity contribution is 0.0433. The molecule has 0 saturated heterocycles. The van der Waals surface area contributed by atoms with Crippen LogP contribution in [0.5, 0.6) is 11.6 Å². The minimum absolute atomic E-state index is 0.000650. The van der Waals surface area contributed by atoms with E-state index in [-0.39, 0.29) is 18.1 Å². The highest BCUT2D eigenvalue weighted by Gasteiger charge is 2.16. The standard InChI is InChI=1S/C17H14N2O4/c1-12-10-14(23-19-12)11-21-17(20)15-8-5-9-18-16(15)22-13-6-3-2-4-7-13/h2-10H,11H2,1H3. The van der Waals surface area contributed by atoms with Gasteiger partial charge in [-0.05, 0) is 31.2 Å². The lowest BCUT2D eigenvalue weighted by Crippen LogP contribution is -2.07. The van der Waals surface area contributed by atoms with Crippen molar-refractivity contribution in [3.63, 3.8) is 0 Å². The number of ether oxygens (including phenoxy) is 2. The first-order valence-corrected chi connectivity index (χ1v) is 6.99. The number of hydrogen-bond donors (Lipinski definition) is 0. The Morgan fingerprint density at radius 2 is 2.00 bits per heavy atom. The number of aromatic nitrogens is 2. The average Bonchev–Trinajstić information content (AvgIpc) is 3.00. The number of carbonyl (C=O) groups is 1. The minimum atomic E-state index is -0.543. The first-order valence-electron chi connectivity index (χ1n) is 6.99. The van der Waals surface area contributed by atoms with Gasteiger partial charge >= 0.3 is 5.97 Å². The zero-order valence-corrected chi connectivity index (χ0v) is 12.4. The number of esters is 1. The van der Waals surface area contributed by atoms with E-state index >= 15 is 0 Å². The van der Waals surface area contributed by atoms with Gasteiger partial charge in [-0.25, -0.2) is 9.78 Å². The molecule has 23 heavy (non-hydrogen) atoms. The third-order valence-electron chi connectivity index (χ3n) is 2.97. The van der Waals surface area contributed by atoms with Gasteiger partial charge in [-0.1, -0.05) is 23.4 Å². The zero-order valence-electron chi connectivity index (χ0n) is 12.4. The lowest BCUT2D eigenvalue weighted by atomic mass is 10.2. The normalized spacial score (nSPS) is 10.3. The highest BCUT2D eigenvalue weighted by molar-refractivity contribution is 5.91. The molecule has 0 amide bonds. The van der Waals surface area contributed by atoms with Crippen LogP contribution < -0.4 is 4.74 Å². The molecule has 0 N–H and O–H groups in total. The van der Waals surface area contributed by atoms with Crippen molar-refractivity contribution in [2.75, 3.05) is 0 Å². The Morgan fingerprint density at radius 1 is 1.17 bits per heavy atom. The van der Waals surface area contributed by atoms with Crippen molar-refractivity contribution in [1.82, 2.24) is 10.1 Å². The predicted molar refractivity (Wildman–Crippen MR) is 81.1 cm³/mol. The summed E-state index contributed by atoms with van der Waals surface area (Å²) in [6, 6.07) is 14.1. The summed E-state index contributed by atoms with van der Waals surface area (Å²) in [4.78, 5) is 16.3. The smallest absolute Gasteiger partial charge is 0.344 e.